The SMILES string of the molecule is O=C1OCCC=C1CCl. The normalized spacial score (nSPS) is 18.8. The summed E-state index contributed by atoms with van der Waals surface area (Å²) in [4.78, 5) is 10.7. The van der Waals surface area contributed by atoms with Crippen LogP contribution < -0.4 is 0 Å². The van der Waals surface area contributed by atoms with Crippen LogP contribution in [0.4, 0.5) is 0 Å². The number of halogens is 1. The van der Waals surface area contributed by atoms with Gasteiger partial charge in [0.25, 0.3) is 0 Å². The van der Waals surface area contributed by atoms with Crippen molar-refractivity contribution in [3.05, 3.63) is 11.6 Å². The van der Waals surface area contributed by atoms with Crippen LogP contribution >= 0.6 is 11.6 Å². The van der Waals surface area contributed by atoms with Gasteiger partial charge in [0.15, 0.2) is 0 Å². The molecule has 50 valence electrons. The Morgan fingerprint density at radius 2 is 2.56 bits per heavy atom. The van der Waals surface area contributed by atoms with Crippen molar-refractivity contribution in [3.63, 3.8) is 0 Å². The van der Waals surface area contributed by atoms with E-state index in [0.717, 1.165) is 6.42 Å². The minimum absolute atomic E-state index is 0.263. The Morgan fingerprint density at radius 1 is 1.78 bits per heavy atom. The van der Waals surface area contributed by atoms with E-state index in [1.54, 1.807) is 0 Å². The molecule has 1 heterocycles. The third-order valence-electron chi connectivity index (χ3n) is 1.15. The van der Waals surface area contributed by atoms with Gasteiger partial charge in [0.1, 0.15) is 0 Å². The summed E-state index contributed by atoms with van der Waals surface area (Å²) in [6.07, 6.45) is 2.62. The first-order valence-corrected chi connectivity index (χ1v) is 3.30. The van der Waals surface area contributed by atoms with Crippen LogP contribution in [0.25, 0.3) is 0 Å². The Hall–Kier alpha value is -0.500. The lowest BCUT2D eigenvalue weighted by Crippen LogP contribution is -2.14. The number of cyclic esters (lactones) is 1. The van der Waals surface area contributed by atoms with E-state index in [0.29, 0.717) is 12.2 Å². The molecule has 0 radical (unpaired) electrons. The Kier molecular flexibility index (Phi) is 2.11. The number of carbonyl (C=O) groups is 1. The highest BCUT2D eigenvalue weighted by Crippen LogP contribution is 2.08. The van der Waals surface area contributed by atoms with Crippen molar-refractivity contribution in [2.24, 2.45) is 0 Å². The second kappa shape index (κ2) is 2.87. The van der Waals surface area contributed by atoms with E-state index < -0.39 is 0 Å². The van der Waals surface area contributed by atoms with Crippen molar-refractivity contribution in [3.8, 4) is 0 Å². The molecule has 0 aliphatic carbocycles. The first-order chi connectivity index (χ1) is 4.34. The van der Waals surface area contributed by atoms with Crippen LogP contribution in [0.3, 0.4) is 0 Å². The lowest BCUT2D eigenvalue weighted by molar-refractivity contribution is -0.139. The second-order valence-electron chi connectivity index (χ2n) is 1.79. The number of esters is 1. The zero-order valence-electron chi connectivity index (χ0n) is 4.89. The van der Waals surface area contributed by atoms with Gasteiger partial charge in [-0.2, -0.15) is 0 Å². The summed E-state index contributed by atoms with van der Waals surface area (Å²) in [6, 6.07) is 0. The molecule has 1 aliphatic rings. The number of rotatable bonds is 1. The molecule has 0 unspecified atom stereocenters. The predicted molar refractivity (Wildman–Crippen MR) is 34.4 cm³/mol. The fraction of sp³-hybridized carbons (Fsp3) is 0.500. The van der Waals surface area contributed by atoms with E-state index in [-0.39, 0.29) is 11.8 Å². The summed E-state index contributed by atoms with van der Waals surface area (Å²) in [5.74, 6) is -0.00463. The molecule has 3 heteroatoms. The van der Waals surface area contributed by atoms with Crippen LogP contribution in [0.2, 0.25) is 0 Å². The molecule has 0 N–H and O–H groups in total. The van der Waals surface area contributed by atoms with Crippen LogP contribution in [0, 0.1) is 0 Å². The summed E-state index contributed by atoms with van der Waals surface area (Å²) < 4.78 is 4.69. The maximum absolute atomic E-state index is 10.7. The number of ether oxygens (including phenoxy) is 1. The van der Waals surface area contributed by atoms with E-state index >= 15 is 0 Å². The third-order valence-corrected chi connectivity index (χ3v) is 1.44. The van der Waals surface area contributed by atoms with Gasteiger partial charge in [-0.15, -0.1) is 11.6 Å². The monoisotopic (exact) mass is 146 g/mol. The highest BCUT2D eigenvalue weighted by molar-refractivity contribution is 6.22. The van der Waals surface area contributed by atoms with Crippen molar-refractivity contribution >= 4 is 17.6 Å². The summed E-state index contributed by atoms with van der Waals surface area (Å²) in [7, 11) is 0. The smallest absolute Gasteiger partial charge is 0.334 e. The highest BCUT2D eigenvalue weighted by atomic mass is 35.5. The van der Waals surface area contributed by atoms with Gasteiger partial charge in [-0.25, -0.2) is 4.79 Å². The Balaban J connectivity index is 2.64. The van der Waals surface area contributed by atoms with E-state index in [2.05, 4.69) is 4.74 Å². The molecule has 0 bridgehead atoms. The van der Waals surface area contributed by atoms with Crippen LogP contribution in [-0.4, -0.2) is 18.5 Å². The second-order valence-corrected chi connectivity index (χ2v) is 2.05. The fourth-order valence-electron chi connectivity index (χ4n) is 0.670. The standard InChI is InChI=1S/C6H7ClO2/c7-4-5-2-1-3-9-6(5)8/h2H,1,3-4H2. The van der Waals surface area contributed by atoms with Crippen molar-refractivity contribution in [2.45, 2.75) is 6.42 Å². The molecule has 2 nitrogen and oxygen atoms in total. The van der Waals surface area contributed by atoms with Gasteiger partial charge in [0.2, 0.25) is 0 Å². The van der Waals surface area contributed by atoms with Crippen LogP contribution in [0.1, 0.15) is 6.42 Å². The first-order valence-electron chi connectivity index (χ1n) is 2.76. The molecular weight excluding hydrogens is 140 g/mol. The molecule has 0 spiro atoms. The molecular formula is C6H7ClO2. The summed E-state index contributed by atoms with van der Waals surface area (Å²) in [6.45, 7) is 0.499. The molecule has 0 saturated carbocycles. The largest absolute Gasteiger partial charge is 0.462 e. The fourth-order valence-corrected chi connectivity index (χ4v) is 0.888. The topological polar surface area (TPSA) is 26.3 Å². The molecule has 0 saturated heterocycles. The molecule has 0 amide bonds. The van der Waals surface area contributed by atoms with Crippen molar-refractivity contribution < 1.29 is 9.53 Å². The minimum atomic E-state index is -0.267. The van der Waals surface area contributed by atoms with Gasteiger partial charge in [0, 0.05) is 12.0 Å². The van der Waals surface area contributed by atoms with Crippen LogP contribution in [0.15, 0.2) is 11.6 Å². The first kappa shape index (κ1) is 6.62. The van der Waals surface area contributed by atoms with Crippen LogP contribution in [0.5, 0.6) is 0 Å². The summed E-state index contributed by atoms with van der Waals surface area (Å²) in [5, 5.41) is 0. The molecule has 0 fully saturated rings. The third kappa shape index (κ3) is 1.45. The van der Waals surface area contributed by atoms with E-state index in [1.807, 2.05) is 6.08 Å². The maximum Gasteiger partial charge on any atom is 0.334 e. The highest BCUT2D eigenvalue weighted by Gasteiger charge is 2.12. The molecule has 0 aromatic rings. The van der Waals surface area contributed by atoms with E-state index in [9.17, 15) is 4.79 Å². The average Bonchev–Trinajstić information content (AvgIpc) is 1.89. The Bertz CT molecular complexity index is 151. The van der Waals surface area contributed by atoms with Gasteiger partial charge >= 0.3 is 5.97 Å². The van der Waals surface area contributed by atoms with E-state index in [1.165, 1.54) is 0 Å². The zero-order chi connectivity index (χ0) is 6.69. The van der Waals surface area contributed by atoms with E-state index in [4.69, 9.17) is 11.6 Å². The van der Waals surface area contributed by atoms with Gasteiger partial charge in [-0.05, 0) is 0 Å². The van der Waals surface area contributed by atoms with Crippen LogP contribution in [-0.2, 0) is 9.53 Å². The van der Waals surface area contributed by atoms with Gasteiger partial charge in [0.05, 0.1) is 12.5 Å². The number of carbonyl (C=O) groups excluding carboxylic acids is 1. The molecule has 1 rings (SSSR count). The lowest BCUT2D eigenvalue weighted by Gasteiger charge is -2.09. The number of hydrogen-bond acceptors (Lipinski definition) is 2. The molecule has 0 atom stereocenters. The number of hydrogen-bond donors (Lipinski definition) is 0. The Morgan fingerprint density at radius 3 is 3.00 bits per heavy atom. The van der Waals surface area contributed by atoms with Crippen molar-refractivity contribution in [1.29, 1.82) is 0 Å². The quantitative estimate of drug-likeness (QED) is 0.409. The van der Waals surface area contributed by atoms with Crippen molar-refractivity contribution in [2.75, 3.05) is 12.5 Å². The summed E-state index contributed by atoms with van der Waals surface area (Å²) in [5.41, 5.74) is 0.586. The molecule has 0 aromatic carbocycles. The zero-order valence-corrected chi connectivity index (χ0v) is 5.65. The molecule has 0 aromatic heterocycles. The van der Waals surface area contributed by atoms with Gasteiger partial charge in [-0.1, -0.05) is 6.08 Å². The number of alkyl halides is 1. The minimum Gasteiger partial charge on any atom is -0.462 e. The maximum atomic E-state index is 10.7. The van der Waals surface area contributed by atoms with Gasteiger partial charge < -0.3 is 4.74 Å². The molecule has 1 aliphatic heterocycles. The lowest BCUT2D eigenvalue weighted by atomic mass is 10.2. The average molecular weight is 147 g/mol. The Labute approximate surface area is 58.4 Å². The molecule has 9 heavy (non-hydrogen) atoms. The summed E-state index contributed by atoms with van der Waals surface area (Å²) >= 11 is 5.41. The predicted octanol–water partition coefficient (Wildman–Crippen LogP) is 1.10. The van der Waals surface area contributed by atoms with Gasteiger partial charge in [-0.3, -0.25) is 0 Å². The van der Waals surface area contributed by atoms with Crippen molar-refractivity contribution in [1.82, 2.24) is 0 Å².